The second-order valence-corrected chi connectivity index (χ2v) is 7.67. The molecule has 1 aliphatic rings. The summed E-state index contributed by atoms with van der Waals surface area (Å²) < 4.78 is 59.8. The van der Waals surface area contributed by atoms with Gasteiger partial charge in [-0.2, -0.15) is 13.2 Å². The van der Waals surface area contributed by atoms with Crippen LogP contribution in [0.1, 0.15) is 24.0 Å². The lowest BCUT2D eigenvalue weighted by Crippen LogP contribution is -2.25. The predicted octanol–water partition coefficient (Wildman–Crippen LogP) is 2.15. The summed E-state index contributed by atoms with van der Waals surface area (Å²) in [5, 5.41) is 2.60. The van der Waals surface area contributed by atoms with Gasteiger partial charge in [0.05, 0.1) is 17.1 Å². The average molecular weight is 335 g/mol. The highest BCUT2D eigenvalue weighted by Gasteiger charge is 2.30. The SMILES string of the molecule is O=C(CC1CCS(=O)(=O)C1)NCc1ccc(C(F)(F)F)cc1. The van der Waals surface area contributed by atoms with E-state index in [1.54, 1.807) is 0 Å². The van der Waals surface area contributed by atoms with E-state index in [4.69, 9.17) is 0 Å². The van der Waals surface area contributed by atoms with Gasteiger partial charge in [-0.05, 0) is 30.0 Å². The highest BCUT2D eigenvalue weighted by atomic mass is 32.2. The molecule has 0 radical (unpaired) electrons. The molecule has 1 unspecified atom stereocenters. The summed E-state index contributed by atoms with van der Waals surface area (Å²) in [6.45, 7) is 0.121. The highest BCUT2D eigenvalue weighted by molar-refractivity contribution is 7.91. The van der Waals surface area contributed by atoms with Gasteiger partial charge < -0.3 is 5.32 Å². The van der Waals surface area contributed by atoms with Crippen LogP contribution in [0.3, 0.4) is 0 Å². The van der Waals surface area contributed by atoms with Gasteiger partial charge in [-0.25, -0.2) is 8.42 Å². The van der Waals surface area contributed by atoms with Crippen LogP contribution in [0.25, 0.3) is 0 Å². The average Bonchev–Trinajstić information content (AvgIpc) is 2.75. The molecule has 0 bridgehead atoms. The van der Waals surface area contributed by atoms with Crippen LogP contribution in [-0.4, -0.2) is 25.8 Å². The fourth-order valence-electron chi connectivity index (χ4n) is 2.38. The van der Waals surface area contributed by atoms with Crippen molar-refractivity contribution >= 4 is 15.7 Å². The number of nitrogens with one attached hydrogen (secondary N) is 1. The van der Waals surface area contributed by atoms with E-state index in [0.717, 1.165) is 12.1 Å². The number of hydrogen-bond donors (Lipinski definition) is 1. The molecule has 4 nitrogen and oxygen atoms in total. The molecule has 1 N–H and O–H groups in total. The molecule has 1 atom stereocenters. The Hall–Kier alpha value is -1.57. The molecule has 0 spiro atoms. The molecule has 1 heterocycles. The summed E-state index contributed by atoms with van der Waals surface area (Å²) in [5.41, 5.74) is -0.181. The Balaban J connectivity index is 1.81. The van der Waals surface area contributed by atoms with Gasteiger partial charge in [0.25, 0.3) is 0 Å². The summed E-state index contributed by atoms with van der Waals surface area (Å²) in [6, 6.07) is 4.54. The molecule has 2 rings (SSSR count). The second kappa shape index (κ2) is 6.28. The third-order valence-corrected chi connectivity index (χ3v) is 5.41. The van der Waals surface area contributed by atoms with Gasteiger partial charge in [-0.15, -0.1) is 0 Å². The van der Waals surface area contributed by atoms with E-state index in [0.29, 0.717) is 12.0 Å². The fourth-order valence-corrected chi connectivity index (χ4v) is 4.24. The third kappa shape index (κ3) is 4.72. The molecule has 8 heteroatoms. The monoisotopic (exact) mass is 335 g/mol. The molecule has 0 aromatic heterocycles. The number of rotatable bonds is 4. The maximum absolute atomic E-state index is 12.4. The van der Waals surface area contributed by atoms with Gasteiger partial charge >= 0.3 is 6.18 Å². The van der Waals surface area contributed by atoms with Crippen molar-refractivity contribution in [2.24, 2.45) is 5.92 Å². The molecular weight excluding hydrogens is 319 g/mol. The van der Waals surface area contributed by atoms with Crippen LogP contribution in [0.4, 0.5) is 13.2 Å². The lowest BCUT2D eigenvalue weighted by atomic mass is 10.0. The molecule has 122 valence electrons. The Morgan fingerprint density at radius 2 is 1.86 bits per heavy atom. The number of halogens is 3. The Morgan fingerprint density at radius 1 is 1.23 bits per heavy atom. The van der Waals surface area contributed by atoms with Crippen molar-refractivity contribution in [3.8, 4) is 0 Å². The summed E-state index contributed by atoms with van der Waals surface area (Å²) in [4.78, 5) is 11.7. The first-order valence-electron chi connectivity index (χ1n) is 6.79. The number of amides is 1. The van der Waals surface area contributed by atoms with E-state index in [-0.39, 0.29) is 36.3 Å². The topological polar surface area (TPSA) is 63.2 Å². The van der Waals surface area contributed by atoms with Crippen LogP contribution in [-0.2, 0) is 27.4 Å². The Labute approximate surface area is 126 Å². The van der Waals surface area contributed by atoms with Crippen LogP contribution >= 0.6 is 0 Å². The maximum Gasteiger partial charge on any atom is 0.416 e. The largest absolute Gasteiger partial charge is 0.416 e. The third-order valence-electron chi connectivity index (χ3n) is 3.57. The molecule has 1 saturated heterocycles. The van der Waals surface area contributed by atoms with Crippen LogP contribution in [0, 0.1) is 5.92 Å². The molecule has 1 aliphatic heterocycles. The lowest BCUT2D eigenvalue weighted by Gasteiger charge is -2.10. The van der Waals surface area contributed by atoms with Crippen LogP contribution in [0.15, 0.2) is 24.3 Å². The van der Waals surface area contributed by atoms with Gasteiger partial charge in [-0.1, -0.05) is 12.1 Å². The van der Waals surface area contributed by atoms with Crippen molar-refractivity contribution in [3.63, 3.8) is 0 Å². The minimum atomic E-state index is -4.38. The first-order chi connectivity index (χ1) is 10.2. The van der Waals surface area contributed by atoms with Crippen LogP contribution in [0.5, 0.6) is 0 Å². The number of benzene rings is 1. The van der Waals surface area contributed by atoms with Crippen LogP contribution < -0.4 is 5.32 Å². The predicted molar refractivity (Wildman–Crippen MR) is 74.7 cm³/mol. The fraction of sp³-hybridized carbons (Fsp3) is 0.500. The van der Waals surface area contributed by atoms with Gasteiger partial charge in [-0.3, -0.25) is 4.79 Å². The van der Waals surface area contributed by atoms with Crippen molar-refractivity contribution in [3.05, 3.63) is 35.4 Å². The molecule has 1 aromatic rings. The van der Waals surface area contributed by atoms with E-state index in [1.165, 1.54) is 12.1 Å². The minimum Gasteiger partial charge on any atom is -0.352 e. The van der Waals surface area contributed by atoms with E-state index in [1.807, 2.05) is 0 Å². The maximum atomic E-state index is 12.4. The van der Waals surface area contributed by atoms with Gasteiger partial charge in [0.2, 0.25) is 5.91 Å². The smallest absolute Gasteiger partial charge is 0.352 e. The van der Waals surface area contributed by atoms with Crippen molar-refractivity contribution in [2.45, 2.75) is 25.6 Å². The molecular formula is C14H16F3NO3S. The summed E-state index contributed by atoms with van der Waals surface area (Å²) in [6.07, 6.45) is -3.77. The van der Waals surface area contributed by atoms with Gasteiger partial charge in [0, 0.05) is 13.0 Å². The van der Waals surface area contributed by atoms with Crippen LogP contribution in [0.2, 0.25) is 0 Å². The van der Waals surface area contributed by atoms with Gasteiger partial charge in [0.15, 0.2) is 9.84 Å². The molecule has 1 fully saturated rings. The molecule has 0 saturated carbocycles. The summed E-state index contributed by atoms with van der Waals surface area (Å²) in [7, 11) is -3.01. The number of carbonyl (C=O) groups is 1. The Bertz CT molecular complexity index is 638. The van der Waals surface area contributed by atoms with Crippen molar-refractivity contribution in [1.82, 2.24) is 5.32 Å². The first-order valence-corrected chi connectivity index (χ1v) is 8.61. The van der Waals surface area contributed by atoms with Gasteiger partial charge in [0.1, 0.15) is 0 Å². The van der Waals surface area contributed by atoms with Crippen molar-refractivity contribution in [1.29, 1.82) is 0 Å². The van der Waals surface area contributed by atoms with E-state index >= 15 is 0 Å². The van der Waals surface area contributed by atoms with Crippen molar-refractivity contribution < 1.29 is 26.4 Å². The molecule has 1 aromatic carbocycles. The second-order valence-electron chi connectivity index (χ2n) is 5.44. The first kappa shape index (κ1) is 16.8. The van der Waals surface area contributed by atoms with E-state index < -0.39 is 21.6 Å². The highest BCUT2D eigenvalue weighted by Crippen LogP contribution is 2.29. The number of hydrogen-bond acceptors (Lipinski definition) is 3. The minimum absolute atomic E-state index is 0.0285. The lowest BCUT2D eigenvalue weighted by molar-refractivity contribution is -0.137. The molecule has 0 aliphatic carbocycles. The summed E-state index contributed by atoms with van der Waals surface area (Å²) >= 11 is 0. The number of carbonyl (C=O) groups excluding carboxylic acids is 1. The van der Waals surface area contributed by atoms with E-state index in [2.05, 4.69) is 5.32 Å². The number of alkyl halides is 3. The van der Waals surface area contributed by atoms with Crippen molar-refractivity contribution in [2.75, 3.05) is 11.5 Å². The quantitative estimate of drug-likeness (QED) is 0.917. The number of sulfone groups is 1. The standard InChI is InChI=1S/C14H16F3NO3S/c15-14(16,17)12-3-1-10(2-4-12)8-18-13(19)7-11-5-6-22(20,21)9-11/h1-4,11H,5-9H2,(H,18,19). The molecule has 22 heavy (non-hydrogen) atoms. The zero-order valence-electron chi connectivity index (χ0n) is 11.7. The Kier molecular flexibility index (Phi) is 4.79. The normalized spacial score (nSPS) is 20.8. The molecule has 1 amide bonds. The zero-order chi connectivity index (χ0) is 16.4. The summed E-state index contributed by atoms with van der Waals surface area (Å²) in [5.74, 6) is -0.315. The Morgan fingerprint density at radius 3 is 2.36 bits per heavy atom. The zero-order valence-corrected chi connectivity index (χ0v) is 12.5. The van der Waals surface area contributed by atoms with E-state index in [9.17, 15) is 26.4 Å².